The van der Waals surface area contributed by atoms with Gasteiger partial charge in [0.1, 0.15) is 0 Å². The standard InChI is InChI=1S/C29H48F2O/c1-3-5-6-8-22-9-13-23(14-10-22)24-17-19-26(20-18-24)28-27(29(30,31)32-28)25-15-11-21(7-4-2)12-16-25/h4,7,21-28H,3,5-6,8-20H2,1-2H3/b7-4+/t21?,22?,23?,24?,25?,26?,27-,28-/m0/s1. The maximum absolute atomic E-state index is 14.5. The maximum Gasteiger partial charge on any atom is 0.361 e. The Morgan fingerprint density at radius 2 is 1.31 bits per heavy atom. The van der Waals surface area contributed by atoms with Crippen molar-refractivity contribution >= 4 is 0 Å². The highest BCUT2D eigenvalue weighted by atomic mass is 19.3. The first-order chi connectivity index (χ1) is 15.5. The number of halogens is 2. The van der Waals surface area contributed by atoms with Gasteiger partial charge in [-0.15, -0.1) is 0 Å². The topological polar surface area (TPSA) is 9.23 Å². The van der Waals surface area contributed by atoms with Crippen molar-refractivity contribution in [2.45, 2.75) is 129 Å². The van der Waals surface area contributed by atoms with Gasteiger partial charge < -0.3 is 4.74 Å². The summed E-state index contributed by atoms with van der Waals surface area (Å²) in [5.74, 6) is 3.33. The molecular weight excluding hydrogens is 402 g/mol. The van der Waals surface area contributed by atoms with Crippen LogP contribution in [0.25, 0.3) is 0 Å². The molecule has 0 amide bonds. The van der Waals surface area contributed by atoms with Crippen LogP contribution in [0, 0.1) is 41.4 Å². The Balaban J connectivity index is 1.22. The first-order valence-corrected chi connectivity index (χ1v) is 14.2. The second kappa shape index (κ2) is 11.3. The molecule has 0 spiro atoms. The van der Waals surface area contributed by atoms with E-state index >= 15 is 0 Å². The molecule has 3 heteroatoms. The van der Waals surface area contributed by atoms with Crippen LogP contribution >= 0.6 is 0 Å². The van der Waals surface area contributed by atoms with Gasteiger partial charge in [-0.25, -0.2) is 0 Å². The molecule has 184 valence electrons. The van der Waals surface area contributed by atoms with E-state index in [1.807, 2.05) is 0 Å². The number of alkyl halides is 2. The predicted octanol–water partition coefficient (Wildman–Crippen LogP) is 9.17. The van der Waals surface area contributed by atoms with Crippen LogP contribution in [0.3, 0.4) is 0 Å². The largest absolute Gasteiger partial charge is 0.361 e. The quantitative estimate of drug-likeness (QED) is 0.264. The first-order valence-electron chi connectivity index (χ1n) is 14.2. The summed E-state index contributed by atoms with van der Waals surface area (Å²) in [7, 11) is 0. The Bertz CT molecular complexity index is 578. The molecule has 0 bridgehead atoms. The highest BCUT2D eigenvalue weighted by molar-refractivity contribution is 5.00. The number of hydrogen-bond acceptors (Lipinski definition) is 1. The molecule has 1 aliphatic heterocycles. The van der Waals surface area contributed by atoms with E-state index in [0.717, 1.165) is 56.3 Å². The van der Waals surface area contributed by atoms with Gasteiger partial charge in [-0.1, -0.05) is 57.6 Å². The van der Waals surface area contributed by atoms with Crippen molar-refractivity contribution in [1.82, 2.24) is 0 Å². The zero-order valence-electron chi connectivity index (χ0n) is 20.8. The van der Waals surface area contributed by atoms with E-state index in [1.165, 1.54) is 64.2 Å². The minimum atomic E-state index is -2.88. The zero-order chi connectivity index (χ0) is 22.6. The van der Waals surface area contributed by atoms with Gasteiger partial charge in [0.15, 0.2) is 0 Å². The van der Waals surface area contributed by atoms with Gasteiger partial charge in [-0.2, -0.15) is 8.78 Å². The molecule has 0 unspecified atom stereocenters. The van der Waals surface area contributed by atoms with Gasteiger partial charge in [0.25, 0.3) is 0 Å². The average molecular weight is 451 g/mol. The molecule has 32 heavy (non-hydrogen) atoms. The second-order valence-electron chi connectivity index (χ2n) is 11.8. The first kappa shape index (κ1) is 24.7. The van der Waals surface area contributed by atoms with Crippen molar-refractivity contribution in [2.24, 2.45) is 41.4 Å². The number of unbranched alkanes of at least 4 members (excludes halogenated alkanes) is 2. The van der Waals surface area contributed by atoms with Crippen molar-refractivity contribution in [3.63, 3.8) is 0 Å². The summed E-state index contributed by atoms with van der Waals surface area (Å²) in [6, 6.07) is 0. The van der Waals surface area contributed by atoms with Gasteiger partial charge in [0.2, 0.25) is 0 Å². The lowest BCUT2D eigenvalue weighted by Crippen LogP contribution is -2.61. The van der Waals surface area contributed by atoms with Crippen molar-refractivity contribution in [3.8, 4) is 0 Å². The van der Waals surface area contributed by atoms with Crippen molar-refractivity contribution in [3.05, 3.63) is 12.2 Å². The van der Waals surface area contributed by atoms with Crippen LogP contribution in [0.15, 0.2) is 12.2 Å². The normalized spacial score (nSPS) is 42.6. The van der Waals surface area contributed by atoms with E-state index in [9.17, 15) is 8.78 Å². The number of rotatable bonds is 8. The molecular formula is C29H48F2O. The molecule has 0 aromatic rings. The fourth-order valence-corrected chi connectivity index (χ4v) is 7.93. The lowest BCUT2D eigenvalue weighted by molar-refractivity contribution is -0.418. The van der Waals surface area contributed by atoms with E-state index < -0.39 is 12.0 Å². The van der Waals surface area contributed by atoms with Crippen LogP contribution in [-0.4, -0.2) is 12.2 Å². The third-order valence-corrected chi connectivity index (χ3v) is 9.88. The minimum Gasteiger partial charge on any atom is -0.316 e. The fraction of sp³-hybridized carbons (Fsp3) is 0.931. The molecule has 0 radical (unpaired) electrons. The van der Waals surface area contributed by atoms with Crippen LogP contribution in [0.1, 0.15) is 117 Å². The highest BCUT2D eigenvalue weighted by Gasteiger charge is 2.62. The summed E-state index contributed by atoms with van der Waals surface area (Å²) in [6.07, 6.45) is 21.4. The van der Waals surface area contributed by atoms with Crippen LogP contribution < -0.4 is 0 Å². The summed E-state index contributed by atoms with van der Waals surface area (Å²) in [4.78, 5) is 0. The summed E-state index contributed by atoms with van der Waals surface area (Å²) in [5.41, 5.74) is 0. The average Bonchev–Trinajstić information content (AvgIpc) is 2.80. The Hall–Kier alpha value is -0.440. The lowest BCUT2D eigenvalue weighted by Gasteiger charge is -2.53. The van der Waals surface area contributed by atoms with Gasteiger partial charge in [-0.3, -0.25) is 0 Å². The molecule has 4 aliphatic rings. The Morgan fingerprint density at radius 3 is 1.88 bits per heavy atom. The molecule has 4 rings (SSSR count). The molecule has 2 atom stereocenters. The Morgan fingerprint density at radius 1 is 0.750 bits per heavy atom. The van der Waals surface area contributed by atoms with Crippen LogP contribution in [0.5, 0.6) is 0 Å². The van der Waals surface area contributed by atoms with Crippen molar-refractivity contribution < 1.29 is 13.5 Å². The SMILES string of the molecule is C/C=C/C1CCC([C@H]2[C@H](C3CCC(C4CCC(CCCCC)CC4)CC3)OC2(F)F)CC1. The Labute approximate surface area is 196 Å². The van der Waals surface area contributed by atoms with Crippen molar-refractivity contribution in [1.29, 1.82) is 0 Å². The third-order valence-electron chi connectivity index (χ3n) is 9.88. The summed E-state index contributed by atoms with van der Waals surface area (Å²) >= 11 is 0. The molecule has 1 saturated heterocycles. The lowest BCUT2D eigenvalue weighted by atomic mass is 9.64. The number of ether oxygens (including phenoxy) is 1. The van der Waals surface area contributed by atoms with Crippen molar-refractivity contribution in [2.75, 3.05) is 0 Å². The molecule has 3 saturated carbocycles. The van der Waals surface area contributed by atoms with E-state index in [4.69, 9.17) is 4.74 Å². The van der Waals surface area contributed by atoms with Gasteiger partial charge in [0.05, 0.1) is 12.0 Å². The molecule has 4 fully saturated rings. The fourth-order valence-electron chi connectivity index (χ4n) is 7.93. The molecule has 1 heterocycles. The third kappa shape index (κ3) is 5.78. The minimum absolute atomic E-state index is 0.158. The smallest absolute Gasteiger partial charge is 0.316 e. The second-order valence-corrected chi connectivity index (χ2v) is 11.8. The van der Waals surface area contributed by atoms with Gasteiger partial charge >= 0.3 is 6.11 Å². The molecule has 0 aromatic heterocycles. The van der Waals surface area contributed by atoms with E-state index in [2.05, 4.69) is 26.0 Å². The monoisotopic (exact) mass is 450 g/mol. The summed E-state index contributed by atoms with van der Waals surface area (Å²) in [6.45, 7) is 4.35. The number of allylic oxidation sites excluding steroid dienone is 2. The molecule has 0 N–H and O–H groups in total. The Kier molecular flexibility index (Phi) is 8.73. The van der Waals surface area contributed by atoms with Gasteiger partial charge in [0, 0.05) is 0 Å². The van der Waals surface area contributed by atoms with Crippen LogP contribution in [-0.2, 0) is 4.74 Å². The van der Waals surface area contributed by atoms with E-state index in [0.29, 0.717) is 11.8 Å². The predicted molar refractivity (Wildman–Crippen MR) is 129 cm³/mol. The van der Waals surface area contributed by atoms with Crippen LogP contribution in [0.4, 0.5) is 8.78 Å². The number of hydrogen-bond donors (Lipinski definition) is 0. The van der Waals surface area contributed by atoms with Gasteiger partial charge in [-0.05, 0) is 107 Å². The highest BCUT2D eigenvalue weighted by Crippen LogP contribution is 2.55. The summed E-state index contributed by atoms with van der Waals surface area (Å²) < 4.78 is 34.3. The van der Waals surface area contributed by atoms with Crippen LogP contribution in [0.2, 0.25) is 0 Å². The maximum atomic E-state index is 14.5. The van der Waals surface area contributed by atoms with E-state index in [-0.39, 0.29) is 12.0 Å². The van der Waals surface area contributed by atoms with E-state index in [1.54, 1.807) is 0 Å². The molecule has 0 aromatic carbocycles. The zero-order valence-corrected chi connectivity index (χ0v) is 20.8. The summed E-state index contributed by atoms with van der Waals surface area (Å²) in [5, 5.41) is 0. The molecule has 1 nitrogen and oxygen atoms in total. The molecule has 3 aliphatic carbocycles.